The smallest absolute Gasteiger partial charge is 0.191 e. The molecule has 0 saturated carbocycles. The summed E-state index contributed by atoms with van der Waals surface area (Å²) in [5.74, 6) is 1.02. The largest absolute Gasteiger partial charge is 0.356 e. The van der Waals surface area contributed by atoms with Gasteiger partial charge in [-0.15, -0.1) is 0 Å². The molecule has 0 atom stereocenters. The Bertz CT molecular complexity index is 793. The highest BCUT2D eigenvalue weighted by Crippen LogP contribution is 2.29. The number of benzene rings is 1. The number of fused-ring (bicyclic) bond motifs is 1. The summed E-state index contributed by atoms with van der Waals surface area (Å²) in [7, 11) is 0. The van der Waals surface area contributed by atoms with Crippen LogP contribution in [0.15, 0.2) is 41.7 Å². The van der Waals surface area contributed by atoms with Crippen molar-refractivity contribution in [2.45, 2.75) is 18.0 Å². The molecule has 0 N–H and O–H groups in total. The van der Waals surface area contributed by atoms with Crippen LogP contribution in [0.3, 0.4) is 0 Å². The number of rotatable bonds is 3. The van der Waals surface area contributed by atoms with Gasteiger partial charge < -0.3 is 4.90 Å². The molecule has 1 aliphatic heterocycles. The van der Waals surface area contributed by atoms with Gasteiger partial charge >= 0.3 is 0 Å². The molecule has 1 saturated heterocycles. The van der Waals surface area contributed by atoms with E-state index in [4.69, 9.17) is 4.98 Å². The normalized spacial score (nSPS) is 14.9. The van der Waals surface area contributed by atoms with Crippen molar-refractivity contribution in [1.82, 2.24) is 19.7 Å². The molecule has 4 rings (SSSR count). The Morgan fingerprint density at radius 1 is 1.05 bits per heavy atom. The van der Waals surface area contributed by atoms with E-state index in [1.807, 2.05) is 47.5 Å². The average molecular weight is 311 g/mol. The Hall–Kier alpha value is -2.08. The van der Waals surface area contributed by atoms with Crippen molar-refractivity contribution in [3.8, 4) is 5.69 Å². The minimum Gasteiger partial charge on any atom is -0.356 e. The van der Waals surface area contributed by atoms with Gasteiger partial charge in [-0.2, -0.15) is 5.10 Å². The molecule has 0 spiro atoms. The van der Waals surface area contributed by atoms with E-state index in [0.717, 1.165) is 40.8 Å². The third-order valence-electron chi connectivity index (χ3n) is 3.98. The zero-order chi connectivity index (χ0) is 14.9. The van der Waals surface area contributed by atoms with Crippen molar-refractivity contribution in [3.63, 3.8) is 0 Å². The Morgan fingerprint density at radius 2 is 1.82 bits per heavy atom. The molecule has 6 heteroatoms. The Labute approximate surface area is 133 Å². The summed E-state index contributed by atoms with van der Waals surface area (Å²) in [6, 6.07) is 10.1. The molecule has 3 aromatic rings. The van der Waals surface area contributed by atoms with E-state index in [2.05, 4.69) is 15.0 Å². The maximum Gasteiger partial charge on any atom is 0.191 e. The first-order valence-electron chi connectivity index (χ1n) is 7.47. The van der Waals surface area contributed by atoms with Gasteiger partial charge in [0.05, 0.1) is 17.3 Å². The van der Waals surface area contributed by atoms with Crippen molar-refractivity contribution in [2.75, 3.05) is 24.2 Å². The van der Waals surface area contributed by atoms with E-state index in [-0.39, 0.29) is 0 Å². The van der Waals surface area contributed by atoms with Crippen molar-refractivity contribution >= 4 is 28.6 Å². The molecule has 5 nitrogen and oxygen atoms in total. The van der Waals surface area contributed by atoms with Gasteiger partial charge in [-0.25, -0.2) is 14.6 Å². The highest BCUT2D eigenvalue weighted by Gasteiger charge is 2.20. The maximum absolute atomic E-state index is 4.73. The van der Waals surface area contributed by atoms with Crippen LogP contribution in [0.4, 0.5) is 5.82 Å². The van der Waals surface area contributed by atoms with Gasteiger partial charge in [0.2, 0.25) is 0 Å². The molecule has 0 radical (unpaired) electrons. The summed E-state index contributed by atoms with van der Waals surface area (Å²) in [5, 5.41) is 6.38. The average Bonchev–Trinajstić information content (AvgIpc) is 3.24. The SMILES string of the molecule is CSc1nc(N2CCCC2)c2cnn(-c3ccccc3)c2n1. The van der Waals surface area contributed by atoms with Gasteiger partial charge in [0.1, 0.15) is 5.82 Å². The number of nitrogens with zero attached hydrogens (tertiary/aromatic N) is 5. The maximum atomic E-state index is 4.73. The molecule has 1 aromatic carbocycles. The van der Waals surface area contributed by atoms with Gasteiger partial charge in [0.15, 0.2) is 10.8 Å². The van der Waals surface area contributed by atoms with E-state index in [0.29, 0.717) is 0 Å². The molecule has 0 aliphatic carbocycles. The Balaban J connectivity index is 1.92. The zero-order valence-corrected chi connectivity index (χ0v) is 13.3. The second-order valence-corrected chi connectivity index (χ2v) is 6.13. The van der Waals surface area contributed by atoms with Crippen LogP contribution in [-0.4, -0.2) is 39.1 Å². The van der Waals surface area contributed by atoms with Crippen molar-refractivity contribution in [2.24, 2.45) is 0 Å². The lowest BCUT2D eigenvalue weighted by Gasteiger charge is -2.17. The number of para-hydroxylation sites is 1. The summed E-state index contributed by atoms with van der Waals surface area (Å²) in [6.07, 6.45) is 6.36. The summed E-state index contributed by atoms with van der Waals surface area (Å²) in [4.78, 5) is 11.8. The van der Waals surface area contributed by atoms with E-state index in [1.165, 1.54) is 12.8 Å². The first-order chi connectivity index (χ1) is 10.9. The molecular weight excluding hydrogens is 294 g/mol. The fraction of sp³-hybridized carbons (Fsp3) is 0.312. The fourth-order valence-electron chi connectivity index (χ4n) is 2.89. The molecule has 2 aromatic heterocycles. The van der Waals surface area contributed by atoms with E-state index in [9.17, 15) is 0 Å². The third kappa shape index (κ3) is 2.23. The topological polar surface area (TPSA) is 46.8 Å². The molecular formula is C16H17N5S. The van der Waals surface area contributed by atoms with Crippen LogP contribution >= 0.6 is 11.8 Å². The second-order valence-electron chi connectivity index (χ2n) is 5.36. The minimum absolute atomic E-state index is 0.798. The van der Waals surface area contributed by atoms with Gasteiger partial charge in [-0.05, 0) is 31.2 Å². The van der Waals surface area contributed by atoms with Crippen LogP contribution in [0, 0.1) is 0 Å². The molecule has 0 unspecified atom stereocenters. The molecule has 112 valence electrons. The second kappa shape index (κ2) is 5.61. The third-order valence-corrected chi connectivity index (χ3v) is 4.52. The molecule has 1 aliphatic rings. The van der Waals surface area contributed by atoms with E-state index in [1.54, 1.807) is 11.8 Å². The van der Waals surface area contributed by atoms with E-state index < -0.39 is 0 Å². The quantitative estimate of drug-likeness (QED) is 0.549. The lowest BCUT2D eigenvalue weighted by Crippen LogP contribution is -2.19. The first kappa shape index (κ1) is 13.6. The van der Waals surface area contributed by atoms with Crippen LogP contribution < -0.4 is 4.90 Å². The Kier molecular flexibility index (Phi) is 3.46. The fourth-order valence-corrected chi connectivity index (χ4v) is 3.25. The standard InChI is InChI=1S/C16H17N5S/c1-22-16-18-14(20-9-5-6-10-20)13-11-17-21(15(13)19-16)12-7-3-2-4-8-12/h2-4,7-8,11H,5-6,9-10H2,1H3. The molecule has 0 amide bonds. The summed E-state index contributed by atoms with van der Waals surface area (Å²) < 4.78 is 1.90. The van der Waals surface area contributed by atoms with Gasteiger partial charge in [-0.1, -0.05) is 30.0 Å². The lowest BCUT2D eigenvalue weighted by atomic mass is 10.3. The lowest BCUT2D eigenvalue weighted by molar-refractivity contribution is 0.864. The van der Waals surface area contributed by atoms with Crippen molar-refractivity contribution in [1.29, 1.82) is 0 Å². The van der Waals surface area contributed by atoms with Crippen LogP contribution in [0.25, 0.3) is 16.7 Å². The van der Waals surface area contributed by atoms with Crippen LogP contribution in [0.1, 0.15) is 12.8 Å². The van der Waals surface area contributed by atoms with Crippen LogP contribution in [0.2, 0.25) is 0 Å². The molecule has 3 heterocycles. The monoisotopic (exact) mass is 311 g/mol. The van der Waals surface area contributed by atoms with Gasteiger partial charge in [-0.3, -0.25) is 0 Å². The molecule has 1 fully saturated rings. The van der Waals surface area contributed by atoms with Crippen molar-refractivity contribution in [3.05, 3.63) is 36.5 Å². The highest BCUT2D eigenvalue weighted by atomic mass is 32.2. The highest BCUT2D eigenvalue weighted by molar-refractivity contribution is 7.98. The van der Waals surface area contributed by atoms with Gasteiger partial charge in [0.25, 0.3) is 0 Å². The summed E-state index contributed by atoms with van der Waals surface area (Å²) >= 11 is 1.57. The predicted molar refractivity (Wildman–Crippen MR) is 89.9 cm³/mol. The van der Waals surface area contributed by atoms with Crippen LogP contribution in [0.5, 0.6) is 0 Å². The zero-order valence-electron chi connectivity index (χ0n) is 12.4. The Morgan fingerprint density at radius 3 is 2.55 bits per heavy atom. The number of aromatic nitrogens is 4. The minimum atomic E-state index is 0.798. The summed E-state index contributed by atoms with van der Waals surface area (Å²) in [6.45, 7) is 2.13. The van der Waals surface area contributed by atoms with Crippen LogP contribution in [-0.2, 0) is 0 Å². The molecule has 22 heavy (non-hydrogen) atoms. The van der Waals surface area contributed by atoms with Crippen molar-refractivity contribution < 1.29 is 0 Å². The summed E-state index contributed by atoms with van der Waals surface area (Å²) in [5.41, 5.74) is 1.91. The van der Waals surface area contributed by atoms with E-state index >= 15 is 0 Å². The van der Waals surface area contributed by atoms with Gasteiger partial charge in [0, 0.05) is 13.1 Å². The number of hydrogen-bond acceptors (Lipinski definition) is 5. The number of hydrogen-bond donors (Lipinski definition) is 0. The number of anilines is 1. The first-order valence-corrected chi connectivity index (χ1v) is 8.69. The number of thioether (sulfide) groups is 1. The predicted octanol–water partition coefficient (Wildman–Crippen LogP) is 3.14. The molecule has 0 bridgehead atoms.